The van der Waals surface area contributed by atoms with Crippen LogP contribution in [0.1, 0.15) is 11.1 Å². The molecule has 4 aromatic rings. The van der Waals surface area contributed by atoms with Crippen molar-refractivity contribution in [2.75, 3.05) is 12.4 Å². The Hall–Kier alpha value is -4.41. The summed E-state index contributed by atoms with van der Waals surface area (Å²) >= 11 is 1.10. The number of nitriles is 1. The molecule has 34 heavy (non-hydrogen) atoms. The number of aromatic nitrogens is 1. The Bertz CT molecular complexity index is 1560. The summed E-state index contributed by atoms with van der Waals surface area (Å²) in [7, 11) is 1.59. The molecule has 0 aliphatic carbocycles. The third kappa shape index (κ3) is 4.82. The minimum absolute atomic E-state index is 0.137. The van der Waals surface area contributed by atoms with Gasteiger partial charge in [0.15, 0.2) is 5.57 Å². The fourth-order valence-corrected chi connectivity index (χ4v) is 4.53. The highest BCUT2D eigenvalue weighted by atomic mass is 32.1. The van der Waals surface area contributed by atoms with Crippen LogP contribution in [0, 0.1) is 18.3 Å². The molecule has 1 aromatic heterocycles. The lowest BCUT2D eigenvalue weighted by Gasteiger charge is -2.06. The number of nitrogens with one attached hydrogen (secondary N) is 1. The zero-order chi connectivity index (χ0) is 24.1. The van der Waals surface area contributed by atoms with Gasteiger partial charge in [0.2, 0.25) is 0 Å². The predicted molar refractivity (Wildman–Crippen MR) is 135 cm³/mol. The number of rotatable bonds is 5. The number of benzene rings is 3. The van der Waals surface area contributed by atoms with Gasteiger partial charge in [-0.3, -0.25) is 14.2 Å². The van der Waals surface area contributed by atoms with E-state index in [-0.39, 0.29) is 15.8 Å². The zero-order valence-electron chi connectivity index (χ0n) is 18.6. The van der Waals surface area contributed by atoms with E-state index in [4.69, 9.17) is 4.74 Å². The summed E-state index contributed by atoms with van der Waals surface area (Å²) in [5.41, 5.74) is 2.48. The molecule has 0 aliphatic heterocycles. The van der Waals surface area contributed by atoms with Crippen LogP contribution in [0.2, 0.25) is 0 Å². The summed E-state index contributed by atoms with van der Waals surface area (Å²) in [5.74, 6) is 0.133. The first-order valence-corrected chi connectivity index (χ1v) is 11.3. The van der Waals surface area contributed by atoms with Crippen molar-refractivity contribution in [2.45, 2.75) is 6.92 Å². The van der Waals surface area contributed by atoms with Crippen molar-refractivity contribution in [3.8, 4) is 17.5 Å². The highest BCUT2D eigenvalue weighted by Crippen LogP contribution is 2.13. The van der Waals surface area contributed by atoms with Crippen molar-refractivity contribution in [1.82, 2.24) is 4.57 Å². The number of hydrogen-bond acceptors (Lipinski definition) is 5. The van der Waals surface area contributed by atoms with Gasteiger partial charge in [-0.15, -0.1) is 11.3 Å². The number of aryl methyl sites for hydroxylation is 1. The largest absolute Gasteiger partial charge is 0.497 e. The average molecular weight is 468 g/mol. The monoisotopic (exact) mass is 467 g/mol. The topological polar surface area (TPSA) is 84.1 Å². The molecule has 7 heteroatoms. The van der Waals surface area contributed by atoms with E-state index in [0.29, 0.717) is 21.7 Å². The van der Waals surface area contributed by atoms with Gasteiger partial charge in [-0.25, -0.2) is 0 Å². The molecule has 1 N–H and O–H groups in total. The van der Waals surface area contributed by atoms with E-state index in [9.17, 15) is 14.9 Å². The second kappa shape index (κ2) is 10.0. The first-order valence-electron chi connectivity index (χ1n) is 10.5. The van der Waals surface area contributed by atoms with Gasteiger partial charge in [0, 0.05) is 5.69 Å². The van der Waals surface area contributed by atoms with Crippen molar-refractivity contribution in [3.63, 3.8) is 0 Å². The maximum atomic E-state index is 13.4. The standard InChI is InChI=1S/C27H21N3O3S/c1-18-7-6-8-20(15-18)29-25(31)23(17-28)27-30(21-9-4-3-5-10-21)26(32)24(34-27)16-19-11-13-22(33-2)14-12-19/h3-16H,1-2H3,(H,29,31). The molecule has 0 spiro atoms. The van der Waals surface area contributed by atoms with Gasteiger partial charge < -0.3 is 10.1 Å². The predicted octanol–water partition coefficient (Wildman–Crippen LogP) is 3.36. The molecule has 0 atom stereocenters. The number of anilines is 1. The van der Waals surface area contributed by atoms with Crippen LogP contribution in [0.5, 0.6) is 5.75 Å². The Morgan fingerprint density at radius 2 is 1.79 bits per heavy atom. The van der Waals surface area contributed by atoms with E-state index in [0.717, 1.165) is 22.5 Å². The minimum Gasteiger partial charge on any atom is -0.497 e. The van der Waals surface area contributed by atoms with Gasteiger partial charge in [-0.05, 0) is 60.5 Å². The maximum Gasteiger partial charge on any atom is 0.273 e. The number of carbonyl (C=O) groups excluding carboxylic acids is 1. The van der Waals surface area contributed by atoms with Gasteiger partial charge in [0.25, 0.3) is 11.5 Å². The molecule has 3 aromatic carbocycles. The molecule has 168 valence electrons. The number of hydrogen-bond donors (Lipinski definition) is 1. The van der Waals surface area contributed by atoms with E-state index in [1.807, 2.05) is 49.4 Å². The summed E-state index contributed by atoms with van der Waals surface area (Å²) in [6.45, 7) is 1.91. The van der Waals surface area contributed by atoms with Crippen molar-refractivity contribution in [2.24, 2.45) is 0 Å². The molecule has 1 heterocycles. The summed E-state index contributed by atoms with van der Waals surface area (Å²) in [5, 5.41) is 12.7. The Balaban J connectivity index is 1.92. The second-order valence-corrected chi connectivity index (χ2v) is 8.51. The molecule has 0 saturated carbocycles. The van der Waals surface area contributed by atoms with Crippen LogP contribution in [-0.2, 0) is 4.79 Å². The first kappa shape index (κ1) is 22.8. The quantitative estimate of drug-likeness (QED) is 0.488. The number of thiazole rings is 1. The third-order valence-electron chi connectivity index (χ3n) is 5.08. The number of para-hydroxylation sites is 1. The molecule has 0 saturated heterocycles. The van der Waals surface area contributed by atoms with Crippen LogP contribution >= 0.6 is 11.3 Å². The van der Waals surface area contributed by atoms with E-state index in [1.54, 1.807) is 55.7 Å². The van der Waals surface area contributed by atoms with Gasteiger partial charge in [0.1, 0.15) is 16.5 Å². The average Bonchev–Trinajstić information content (AvgIpc) is 3.16. The van der Waals surface area contributed by atoms with Crippen LogP contribution < -0.4 is 24.8 Å². The molecule has 6 nitrogen and oxygen atoms in total. The fraction of sp³-hybridized carbons (Fsp3) is 0.0741. The van der Waals surface area contributed by atoms with Gasteiger partial charge in [0.05, 0.1) is 17.3 Å². The lowest BCUT2D eigenvalue weighted by atomic mass is 10.2. The third-order valence-corrected chi connectivity index (χ3v) is 6.17. The Morgan fingerprint density at radius 1 is 1.06 bits per heavy atom. The number of ether oxygens (including phenoxy) is 1. The smallest absolute Gasteiger partial charge is 0.273 e. The van der Waals surface area contributed by atoms with E-state index in [2.05, 4.69) is 5.32 Å². The van der Waals surface area contributed by atoms with E-state index >= 15 is 0 Å². The maximum absolute atomic E-state index is 13.4. The Kier molecular flexibility index (Phi) is 6.72. The van der Waals surface area contributed by atoms with Crippen LogP contribution in [0.4, 0.5) is 5.69 Å². The molecule has 0 aliphatic rings. The zero-order valence-corrected chi connectivity index (χ0v) is 19.4. The molecule has 0 radical (unpaired) electrons. The minimum atomic E-state index is -0.574. The lowest BCUT2D eigenvalue weighted by Crippen LogP contribution is -2.32. The number of amides is 1. The van der Waals surface area contributed by atoms with Gasteiger partial charge in [-0.2, -0.15) is 5.26 Å². The molecule has 0 fully saturated rings. The van der Waals surface area contributed by atoms with Crippen LogP contribution in [0.3, 0.4) is 0 Å². The molecular weight excluding hydrogens is 446 g/mol. The summed E-state index contributed by atoms with van der Waals surface area (Å²) in [4.78, 5) is 26.5. The van der Waals surface area contributed by atoms with Gasteiger partial charge >= 0.3 is 0 Å². The summed E-state index contributed by atoms with van der Waals surface area (Å²) in [6.07, 6.45) is 1.74. The van der Waals surface area contributed by atoms with Crippen molar-refractivity contribution in [3.05, 3.63) is 110 Å². The molecule has 4 rings (SSSR count). The molecular formula is C27H21N3O3S. The van der Waals surface area contributed by atoms with Crippen LogP contribution in [-0.4, -0.2) is 17.6 Å². The number of nitrogens with zero attached hydrogens (tertiary/aromatic N) is 2. The van der Waals surface area contributed by atoms with Crippen molar-refractivity contribution < 1.29 is 9.53 Å². The van der Waals surface area contributed by atoms with Crippen LogP contribution in [0.15, 0.2) is 83.7 Å². The number of carbonyl (C=O) groups is 1. The van der Waals surface area contributed by atoms with Gasteiger partial charge in [-0.1, -0.05) is 42.5 Å². The Labute approximate surface area is 200 Å². The summed E-state index contributed by atoms with van der Waals surface area (Å²) in [6, 6.07) is 25.6. The highest BCUT2D eigenvalue weighted by Gasteiger charge is 2.17. The SMILES string of the molecule is COc1ccc(C=c2sc(=C(C#N)C(=O)Nc3cccc(C)c3)n(-c3ccccc3)c2=O)cc1. The number of methoxy groups -OCH3 is 1. The van der Waals surface area contributed by atoms with Crippen LogP contribution in [0.25, 0.3) is 17.3 Å². The van der Waals surface area contributed by atoms with Crippen molar-refractivity contribution >= 4 is 34.6 Å². The molecule has 0 unspecified atom stereocenters. The highest BCUT2D eigenvalue weighted by molar-refractivity contribution is 7.07. The fourth-order valence-electron chi connectivity index (χ4n) is 3.43. The normalized spacial score (nSPS) is 12.1. The second-order valence-electron chi connectivity index (χ2n) is 7.48. The molecule has 1 amide bonds. The molecule has 0 bridgehead atoms. The first-order chi connectivity index (χ1) is 16.5. The van der Waals surface area contributed by atoms with E-state index < -0.39 is 5.91 Å². The Morgan fingerprint density at radius 3 is 2.44 bits per heavy atom. The lowest BCUT2D eigenvalue weighted by molar-refractivity contribution is -0.111. The summed E-state index contributed by atoms with van der Waals surface area (Å²) < 4.78 is 7.27. The van der Waals surface area contributed by atoms with E-state index in [1.165, 1.54) is 4.57 Å². The van der Waals surface area contributed by atoms with Crippen molar-refractivity contribution in [1.29, 1.82) is 5.26 Å².